The molecule has 1 saturated heterocycles. The van der Waals surface area contributed by atoms with Gasteiger partial charge in [0.25, 0.3) is 0 Å². The molecule has 2 N–H and O–H groups in total. The van der Waals surface area contributed by atoms with Crippen LogP contribution in [-0.2, 0) is 4.79 Å². The Morgan fingerprint density at radius 1 is 1.27 bits per heavy atom. The van der Waals surface area contributed by atoms with E-state index in [4.69, 9.17) is 17.3 Å². The number of halogens is 2. The van der Waals surface area contributed by atoms with Crippen molar-refractivity contribution in [1.82, 2.24) is 4.90 Å². The summed E-state index contributed by atoms with van der Waals surface area (Å²) in [4.78, 5) is 14.7. The van der Waals surface area contributed by atoms with Crippen LogP contribution in [0.3, 0.4) is 0 Å². The maximum atomic E-state index is 12.7. The average Bonchev–Trinajstić information content (AvgIpc) is 3.04. The third kappa shape index (κ3) is 2.75. The molecular formula is C17H22Cl2N2O. The summed E-state index contributed by atoms with van der Waals surface area (Å²) < 4.78 is 0. The number of rotatable bonds is 2. The van der Waals surface area contributed by atoms with Gasteiger partial charge in [0.1, 0.15) is 0 Å². The van der Waals surface area contributed by atoms with Crippen molar-refractivity contribution in [2.45, 2.75) is 31.2 Å². The van der Waals surface area contributed by atoms with Gasteiger partial charge in [-0.05, 0) is 54.7 Å². The molecule has 3 fully saturated rings. The maximum Gasteiger partial charge on any atom is 0.226 e. The Bertz CT molecular complexity index is 580. The van der Waals surface area contributed by atoms with E-state index in [-0.39, 0.29) is 18.3 Å². The molecule has 120 valence electrons. The molecule has 0 bridgehead atoms. The van der Waals surface area contributed by atoms with Gasteiger partial charge in [0.05, 0.1) is 0 Å². The molecule has 1 aliphatic heterocycles. The van der Waals surface area contributed by atoms with Crippen LogP contribution in [0.4, 0.5) is 0 Å². The first-order valence-electron chi connectivity index (χ1n) is 7.93. The van der Waals surface area contributed by atoms with Gasteiger partial charge in [-0.25, -0.2) is 0 Å². The lowest BCUT2D eigenvalue weighted by molar-refractivity contribution is -0.131. The highest BCUT2D eigenvalue weighted by Gasteiger charge is 2.49. The van der Waals surface area contributed by atoms with Crippen LogP contribution in [0, 0.1) is 17.8 Å². The summed E-state index contributed by atoms with van der Waals surface area (Å²) in [5.41, 5.74) is 7.36. The molecule has 5 unspecified atom stereocenters. The summed E-state index contributed by atoms with van der Waals surface area (Å²) in [6.45, 7) is 1.80. The van der Waals surface area contributed by atoms with Crippen LogP contribution in [0.5, 0.6) is 0 Å². The number of hydrogen-bond donors (Lipinski definition) is 1. The van der Waals surface area contributed by atoms with Crippen molar-refractivity contribution < 1.29 is 4.79 Å². The molecular weight excluding hydrogens is 319 g/mol. The first kappa shape index (κ1) is 16.1. The van der Waals surface area contributed by atoms with Crippen molar-refractivity contribution >= 4 is 29.9 Å². The zero-order valence-corrected chi connectivity index (χ0v) is 14.0. The fourth-order valence-electron chi connectivity index (χ4n) is 4.30. The molecule has 2 aliphatic carbocycles. The molecule has 5 atom stereocenters. The minimum Gasteiger partial charge on any atom is -0.342 e. The predicted octanol–water partition coefficient (Wildman–Crippen LogP) is 3.06. The monoisotopic (exact) mass is 340 g/mol. The number of amides is 1. The van der Waals surface area contributed by atoms with Gasteiger partial charge in [0.2, 0.25) is 5.91 Å². The number of fused-ring (bicyclic) bond motifs is 1. The van der Waals surface area contributed by atoms with Gasteiger partial charge < -0.3 is 10.6 Å². The normalized spacial score (nSPS) is 35.9. The van der Waals surface area contributed by atoms with Crippen molar-refractivity contribution in [3.63, 3.8) is 0 Å². The number of likely N-dealkylation sites (tertiary alicyclic amines) is 1. The van der Waals surface area contributed by atoms with Crippen molar-refractivity contribution in [1.29, 1.82) is 0 Å². The lowest BCUT2D eigenvalue weighted by atomic mass is 9.98. The minimum absolute atomic E-state index is 0. The third-order valence-electron chi connectivity index (χ3n) is 5.61. The van der Waals surface area contributed by atoms with Crippen molar-refractivity contribution in [3.05, 3.63) is 34.9 Å². The summed E-state index contributed by atoms with van der Waals surface area (Å²) in [7, 11) is 0. The number of benzene rings is 1. The molecule has 22 heavy (non-hydrogen) atoms. The zero-order valence-electron chi connectivity index (χ0n) is 12.5. The van der Waals surface area contributed by atoms with E-state index >= 15 is 0 Å². The first-order valence-corrected chi connectivity index (χ1v) is 8.31. The van der Waals surface area contributed by atoms with Gasteiger partial charge in [0.15, 0.2) is 0 Å². The molecule has 0 radical (unpaired) electrons. The molecule has 4 rings (SSSR count). The molecule has 1 aromatic rings. The molecule has 1 amide bonds. The van der Waals surface area contributed by atoms with Crippen LogP contribution in [-0.4, -0.2) is 29.9 Å². The Morgan fingerprint density at radius 3 is 2.82 bits per heavy atom. The highest BCUT2D eigenvalue weighted by molar-refractivity contribution is 6.30. The van der Waals surface area contributed by atoms with E-state index in [0.29, 0.717) is 29.7 Å². The van der Waals surface area contributed by atoms with Gasteiger partial charge in [-0.3, -0.25) is 4.79 Å². The molecule has 3 nitrogen and oxygen atoms in total. The molecule has 2 saturated carbocycles. The van der Waals surface area contributed by atoms with E-state index in [1.54, 1.807) is 0 Å². The highest BCUT2D eigenvalue weighted by atomic mass is 35.5. The van der Waals surface area contributed by atoms with E-state index in [1.165, 1.54) is 12.0 Å². The van der Waals surface area contributed by atoms with Gasteiger partial charge in [-0.15, -0.1) is 12.4 Å². The highest BCUT2D eigenvalue weighted by Crippen LogP contribution is 2.50. The maximum absolute atomic E-state index is 12.7. The number of nitrogens with two attached hydrogens (primary N) is 1. The van der Waals surface area contributed by atoms with E-state index < -0.39 is 0 Å². The van der Waals surface area contributed by atoms with Gasteiger partial charge >= 0.3 is 0 Å². The van der Waals surface area contributed by atoms with Crippen molar-refractivity contribution in [3.8, 4) is 0 Å². The second kappa shape index (κ2) is 6.03. The quantitative estimate of drug-likeness (QED) is 0.899. The van der Waals surface area contributed by atoms with Gasteiger partial charge in [-0.1, -0.05) is 23.7 Å². The van der Waals surface area contributed by atoms with E-state index in [9.17, 15) is 4.79 Å². The predicted molar refractivity (Wildman–Crippen MR) is 90.3 cm³/mol. The van der Waals surface area contributed by atoms with Crippen LogP contribution in [0.2, 0.25) is 5.02 Å². The second-order valence-corrected chi connectivity index (χ2v) is 7.35. The molecule has 1 aromatic carbocycles. The minimum atomic E-state index is 0. The van der Waals surface area contributed by atoms with Crippen molar-refractivity contribution in [2.24, 2.45) is 23.5 Å². The molecule has 3 aliphatic rings. The SMILES string of the molecule is Cl.NC1CCC2CN(C(=O)C3CC3c3cccc(Cl)c3)CC12. The van der Waals surface area contributed by atoms with Crippen LogP contribution < -0.4 is 5.73 Å². The summed E-state index contributed by atoms with van der Waals surface area (Å²) in [5.74, 6) is 2.05. The smallest absolute Gasteiger partial charge is 0.226 e. The van der Waals surface area contributed by atoms with Crippen LogP contribution in [0.15, 0.2) is 24.3 Å². The lowest BCUT2D eigenvalue weighted by Gasteiger charge is -2.19. The number of nitrogens with zero attached hydrogens (tertiary/aromatic N) is 1. The fourth-order valence-corrected chi connectivity index (χ4v) is 4.49. The Labute approximate surface area is 142 Å². The standard InChI is InChI=1S/C17H21ClN2O.ClH/c18-12-3-1-2-10(6-12)13-7-14(13)17(21)20-8-11-4-5-16(19)15(11)9-20;/h1-3,6,11,13-16H,4-5,7-9,19H2;1H. The lowest BCUT2D eigenvalue weighted by Crippen LogP contribution is -2.34. The Hall–Kier alpha value is -0.770. The van der Waals surface area contributed by atoms with Gasteiger partial charge in [0, 0.05) is 30.1 Å². The van der Waals surface area contributed by atoms with Crippen molar-refractivity contribution in [2.75, 3.05) is 13.1 Å². The van der Waals surface area contributed by atoms with Gasteiger partial charge in [-0.2, -0.15) is 0 Å². The molecule has 0 spiro atoms. The third-order valence-corrected chi connectivity index (χ3v) is 5.84. The first-order chi connectivity index (χ1) is 10.1. The second-order valence-electron chi connectivity index (χ2n) is 6.91. The zero-order chi connectivity index (χ0) is 14.6. The van der Waals surface area contributed by atoms with E-state index in [1.807, 2.05) is 18.2 Å². The number of carbonyl (C=O) groups excluding carboxylic acids is 1. The summed E-state index contributed by atoms with van der Waals surface area (Å²) in [6.07, 6.45) is 3.29. The Morgan fingerprint density at radius 2 is 2.09 bits per heavy atom. The molecule has 0 aromatic heterocycles. The molecule has 1 heterocycles. The summed E-state index contributed by atoms with van der Waals surface area (Å²) >= 11 is 6.04. The fraction of sp³-hybridized carbons (Fsp3) is 0.588. The van der Waals surface area contributed by atoms with Crippen LogP contribution in [0.1, 0.15) is 30.7 Å². The number of carbonyl (C=O) groups is 1. The Kier molecular flexibility index (Phi) is 4.41. The average molecular weight is 341 g/mol. The van der Waals surface area contributed by atoms with Crippen LogP contribution >= 0.6 is 24.0 Å². The molecule has 5 heteroatoms. The largest absolute Gasteiger partial charge is 0.342 e. The van der Waals surface area contributed by atoms with E-state index in [0.717, 1.165) is 31.0 Å². The van der Waals surface area contributed by atoms with Crippen LogP contribution in [0.25, 0.3) is 0 Å². The summed E-state index contributed by atoms with van der Waals surface area (Å²) in [6, 6.07) is 8.23. The number of hydrogen-bond acceptors (Lipinski definition) is 2. The topological polar surface area (TPSA) is 46.3 Å². The van der Waals surface area contributed by atoms with E-state index in [2.05, 4.69) is 11.0 Å². The summed E-state index contributed by atoms with van der Waals surface area (Å²) in [5, 5.41) is 0.757. The Balaban J connectivity index is 0.00000144.